The van der Waals surface area contributed by atoms with E-state index >= 15 is 0 Å². The molecule has 0 bridgehead atoms. The molecule has 5 rings (SSSR count). The van der Waals surface area contributed by atoms with Gasteiger partial charge in [-0.2, -0.15) is 4.98 Å². The third-order valence-corrected chi connectivity index (χ3v) is 6.42. The van der Waals surface area contributed by atoms with Crippen LogP contribution in [0, 0.1) is 6.92 Å². The predicted octanol–water partition coefficient (Wildman–Crippen LogP) is 4.73. The van der Waals surface area contributed by atoms with Crippen molar-refractivity contribution in [1.82, 2.24) is 20.4 Å². The second kappa shape index (κ2) is 9.30. The molecule has 2 atom stereocenters. The second-order valence-corrected chi connectivity index (χ2v) is 8.69. The minimum Gasteiger partial charge on any atom is -0.497 e. The molecule has 0 spiro atoms. The van der Waals surface area contributed by atoms with E-state index in [0.29, 0.717) is 18.3 Å². The number of nitrogens with one attached hydrogen (secondary N) is 1. The van der Waals surface area contributed by atoms with E-state index in [2.05, 4.69) is 10.5 Å². The topological polar surface area (TPSA) is 89.7 Å². The summed E-state index contributed by atoms with van der Waals surface area (Å²) in [6, 6.07) is 15.0. The predicted molar refractivity (Wildman–Crippen MR) is 127 cm³/mol. The van der Waals surface area contributed by atoms with Gasteiger partial charge in [-0.3, -0.25) is 4.90 Å². The lowest BCUT2D eigenvalue weighted by molar-refractivity contribution is 0.0877. The summed E-state index contributed by atoms with van der Waals surface area (Å²) in [6.07, 6.45) is 1.96. The molecule has 2 aliphatic heterocycles. The van der Waals surface area contributed by atoms with Gasteiger partial charge in [0, 0.05) is 17.9 Å². The van der Waals surface area contributed by atoms with Crippen molar-refractivity contribution in [2.45, 2.75) is 38.8 Å². The quantitative estimate of drug-likeness (QED) is 0.572. The third-order valence-electron chi connectivity index (χ3n) is 6.42. The van der Waals surface area contributed by atoms with Gasteiger partial charge in [-0.05, 0) is 44.4 Å². The third kappa shape index (κ3) is 4.28. The molecule has 1 fully saturated rings. The number of amides is 2. The van der Waals surface area contributed by atoms with Gasteiger partial charge in [0.25, 0.3) is 5.89 Å². The standard InChI is InChI=1S/C26H28N4O4/c1-16-6-8-19(9-7-16)24-28-25(34-29-24)22-17(2)30(15-21-5-4-14-33-21)26(31)27-23(22)18-10-12-20(32-3)13-11-18/h6-13,21,23H,4-5,14-15H2,1-3H3,(H,27,31). The van der Waals surface area contributed by atoms with E-state index in [-0.39, 0.29) is 12.1 Å². The number of hydrogen-bond donors (Lipinski definition) is 1. The van der Waals surface area contributed by atoms with Crippen molar-refractivity contribution in [3.05, 3.63) is 71.2 Å². The maximum atomic E-state index is 13.2. The van der Waals surface area contributed by atoms with E-state index in [1.807, 2.05) is 62.4 Å². The Morgan fingerprint density at radius 2 is 1.88 bits per heavy atom. The molecule has 0 aliphatic carbocycles. The lowest BCUT2D eigenvalue weighted by atomic mass is 9.94. The Hall–Kier alpha value is -3.65. The van der Waals surface area contributed by atoms with Crippen molar-refractivity contribution >= 4 is 11.6 Å². The zero-order chi connectivity index (χ0) is 23.7. The Balaban J connectivity index is 1.55. The SMILES string of the molecule is COc1ccc(C2NC(=O)N(CC3CCCO3)C(C)=C2c2nc(-c3ccc(C)cc3)no2)cc1. The molecule has 0 radical (unpaired) electrons. The largest absolute Gasteiger partial charge is 0.497 e. The normalized spacial score (nSPS) is 20.6. The van der Waals surface area contributed by atoms with Crippen LogP contribution in [0.1, 0.15) is 42.8 Å². The van der Waals surface area contributed by atoms with Crippen molar-refractivity contribution in [2.75, 3.05) is 20.3 Å². The zero-order valence-electron chi connectivity index (χ0n) is 19.6. The first-order chi connectivity index (χ1) is 16.5. The lowest BCUT2D eigenvalue weighted by Gasteiger charge is -2.36. The molecule has 2 unspecified atom stereocenters. The van der Waals surface area contributed by atoms with Crippen molar-refractivity contribution in [1.29, 1.82) is 0 Å². The Morgan fingerprint density at radius 1 is 1.12 bits per heavy atom. The van der Waals surface area contributed by atoms with Gasteiger partial charge in [-0.15, -0.1) is 0 Å². The number of benzene rings is 2. The summed E-state index contributed by atoms with van der Waals surface area (Å²) < 4.78 is 16.8. The van der Waals surface area contributed by atoms with Gasteiger partial charge in [0.2, 0.25) is 5.82 Å². The molecule has 1 saturated heterocycles. The summed E-state index contributed by atoms with van der Waals surface area (Å²) in [7, 11) is 1.63. The maximum absolute atomic E-state index is 13.2. The van der Waals surface area contributed by atoms with Crippen molar-refractivity contribution < 1.29 is 18.8 Å². The van der Waals surface area contributed by atoms with E-state index in [1.54, 1.807) is 12.0 Å². The van der Waals surface area contributed by atoms with Crippen LogP contribution in [0.4, 0.5) is 4.79 Å². The number of hydrogen-bond acceptors (Lipinski definition) is 6. The molecular formula is C26H28N4O4. The van der Waals surface area contributed by atoms with E-state index in [4.69, 9.17) is 19.0 Å². The summed E-state index contributed by atoms with van der Waals surface area (Å²) in [4.78, 5) is 19.6. The number of carbonyl (C=O) groups is 1. The van der Waals surface area contributed by atoms with Gasteiger partial charge in [0.05, 0.1) is 31.4 Å². The van der Waals surface area contributed by atoms with E-state index in [0.717, 1.165) is 53.2 Å². The number of methoxy groups -OCH3 is 1. The summed E-state index contributed by atoms with van der Waals surface area (Å²) in [5.41, 5.74) is 4.48. The number of allylic oxidation sites excluding steroid dienone is 1. The Kier molecular flexibility index (Phi) is 6.06. The van der Waals surface area contributed by atoms with Gasteiger partial charge in [-0.1, -0.05) is 47.1 Å². The maximum Gasteiger partial charge on any atom is 0.322 e. The molecule has 176 valence electrons. The molecule has 2 aliphatic rings. The first kappa shape index (κ1) is 22.2. The molecule has 2 amide bonds. The summed E-state index contributed by atoms with van der Waals surface area (Å²) in [5, 5.41) is 7.37. The van der Waals surface area contributed by atoms with Gasteiger partial charge >= 0.3 is 6.03 Å². The molecule has 3 aromatic rings. The molecule has 1 N–H and O–H groups in total. The number of urea groups is 1. The first-order valence-corrected chi connectivity index (χ1v) is 11.5. The van der Waals surface area contributed by atoms with Crippen LogP contribution in [0.15, 0.2) is 58.8 Å². The molecule has 0 saturated carbocycles. The van der Waals surface area contributed by atoms with Gasteiger partial charge < -0.3 is 19.3 Å². The van der Waals surface area contributed by atoms with Crippen LogP contribution >= 0.6 is 0 Å². The Labute approximate surface area is 198 Å². The van der Waals surface area contributed by atoms with Crippen LogP contribution in [-0.4, -0.2) is 47.4 Å². The van der Waals surface area contributed by atoms with Gasteiger partial charge in [0.15, 0.2) is 0 Å². The number of aromatic nitrogens is 2. The van der Waals surface area contributed by atoms with E-state index < -0.39 is 6.04 Å². The number of aryl methyl sites for hydroxylation is 1. The Morgan fingerprint density at radius 3 is 2.56 bits per heavy atom. The average molecular weight is 461 g/mol. The highest BCUT2D eigenvalue weighted by Crippen LogP contribution is 2.38. The summed E-state index contributed by atoms with van der Waals surface area (Å²) >= 11 is 0. The first-order valence-electron chi connectivity index (χ1n) is 11.5. The number of nitrogens with zero attached hydrogens (tertiary/aromatic N) is 3. The van der Waals surface area contributed by atoms with Crippen LogP contribution < -0.4 is 10.1 Å². The van der Waals surface area contributed by atoms with Gasteiger partial charge in [-0.25, -0.2) is 4.79 Å². The fourth-order valence-electron chi connectivity index (χ4n) is 4.47. The van der Waals surface area contributed by atoms with Crippen molar-refractivity contribution in [2.24, 2.45) is 0 Å². The fourth-order valence-corrected chi connectivity index (χ4v) is 4.47. The highest BCUT2D eigenvalue weighted by Gasteiger charge is 2.37. The monoisotopic (exact) mass is 460 g/mol. The number of ether oxygens (including phenoxy) is 2. The van der Waals surface area contributed by atoms with E-state index in [9.17, 15) is 4.79 Å². The second-order valence-electron chi connectivity index (χ2n) is 8.69. The average Bonchev–Trinajstić information content (AvgIpc) is 3.54. The van der Waals surface area contributed by atoms with Crippen LogP contribution in [-0.2, 0) is 4.74 Å². The van der Waals surface area contributed by atoms with Crippen LogP contribution in [0.5, 0.6) is 5.75 Å². The Bertz CT molecular complexity index is 1190. The highest BCUT2D eigenvalue weighted by atomic mass is 16.5. The van der Waals surface area contributed by atoms with E-state index in [1.165, 1.54) is 0 Å². The summed E-state index contributed by atoms with van der Waals surface area (Å²) in [6.45, 7) is 5.17. The van der Waals surface area contributed by atoms with Crippen LogP contribution in [0.25, 0.3) is 17.0 Å². The summed E-state index contributed by atoms with van der Waals surface area (Å²) in [5.74, 6) is 1.63. The molecule has 1 aromatic heterocycles. The molecule has 34 heavy (non-hydrogen) atoms. The smallest absolute Gasteiger partial charge is 0.322 e. The van der Waals surface area contributed by atoms with Crippen LogP contribution in [0.2, 0.25) is 0 Å². The minimum absolute atomic E-state index is 0.0188. The molecular weight excluding hydrogens is 432 g/mol. The molecule has 2 aromatic carbocycles. The highest BCUT2D eigenvalue weighted by molar-refractivity contribution is 5.87. The lowest BCUT2D eigenvalue weighted by Crippen LogP contribution is -2.48. The zero-order valence-corrected chi connectivity index (χ0v) is 19.6. The molecule has 8 nitrogen and oxygen atoms in total. The van der Waals surface area contributed by atoms with Crippen LogP contribution in [0.3, 0.4) is 0 Å². The fraction of sp³-hybridized carbons (Fsp3) is 0.346. The van der Waals surface area contributed by atoms with Gasteiger partial charge in [0.1, 0.15) is 5.75 Å². The van der Waals surface area contributed by atoms with Crippen molar-refractivity contribution in [3.63, 3.8) is 0 Å². The number of rotatable bonds is 6. The van der Waals surface area contributed by atoms with Crippen molar-refractivity contribution in [3.8, 4) is 17.1 Å². The molecule has 8 heteroatoms. The molecule has 3 heterocycles. The number of carbonyl (C=O) groups excluding carboxylic acids is 1. The minimum atomic E-state index is -0.439.